The molecule has 4 rings (SSSR count). The maximum atomic E-state index is 14.0. The molecule has 10 heteroatoms. The molecule has 0 aromatic heterocycles. The smallest absolute Gasteiger partial charge is 0.249 e. The van der Waals surface area contributed by atoms with Gasteiger partial charge in [-0.3, -0.25) is 14.4 Å². The van der Waals surface area contributed by atoms with Gasteiger partial charge in [-0.2, -0.15) is 0 Å². The summed E-state index contributed by atoms with van der Waals surface area (Å²) < 4.78 is 32.9. The van der Waals surface area contributed by atoms with Crippen LogP contribution in [0.25, 0.3) is 0 Å². The fourth-order valence-electron chi connectivity index (χ4n) is 5.76. The number of primary amides is 1. The van der Waals surface area contributed by atoms with E-state index in [4.69, 9.17) is 10.5 Å². The molecule has 2 N–H and O–H groups in total. The van der Waals surface area contributed by atoms with Crippen LogP contribution in [0.5, 0.6) is 0 Å². The number of piperazine rings is 1. The zero-order valence-corrected chi connectivity index (χ0v) is 21.2. The number of alkyl halides is 2. The Morgan fingerprint density at radius 1 is 1.17 bits per heavy atom. The summed E-state index contributed by atoms with van der Waals surface area (Å²) in [5.41, 5.74) is 7.32. The summed E-state index contributed by atoms with van der Waals surface area (Å²) in [4.78, 5) is 44.8. The molecule has 8 nitrogen and oxygen atoms in total. The number of likely N-dealkylation sites (N-methyl/N-ethyl adjacent to an activating group) is 1. The molecule has 3 aliphatic rings. The van der Waals surface area contributed by atoms with Gasteiger partial charge in [0, 0.05) is 44.0 Å². The molecule has 0 bridgehead atoms. The van der Waals surface area contributed by atoms with E-state index >= 15 is 0 Å². The second-order valence-corrected chi connectivity index (χ2v) is 10.4. The largest absolute Gasteiger partial charge is 0.369 e. The fraction of sp³-hybridized carbons (Fsp3) is 0.654. The summed E-state index contributed by atoms with van der Waals surface area (Å²) >= 11 is 0. The Balaban J connectivity index is 1.70. The highest BCUT2D eigenvalue weighted by Crippen LogP contribution is 2.39. The van der Waals surface area contributed by atoms with Gasteiger partial charge in [0.25, 0.3) is 0 Å². The van der Waals surface area contributed by atoms with Crippen LogP contribution in [0.4, 0.5) is 14.5 Å². The third kappa shape index (κ3) is 5.11. The van der Waals surface area contributed by atoms with Crippen molar-refractivity contribution in [2.75, 3.05) is 50.8 Å². The Bertz CT molecular complexity index is 996. The number of fused-ring (bicyclic) bond motifs is 1. The molecule has 3 heterocycles. The van der Waals surface area contributed by atoms with Crippen LogP contribution in [0, 0.1) is 11.8 Å². The summed E-state index contributed by atoms with van der Waals surface area (Å²) in [7, 11) is 0. The molecule has 3 fully saturated rings. The van der Waals surface area contributed by atoms with E-state index in [2.05, 4.69) is 16.7 Å². The van der Waals surface area contributed by atoms with Crippen molar-refractivity contribution in [3.05, 3.63) is 29.3 Å². The predicted octanol–water partition coefficient (Wildman–Crippen LogP) is 2.12. The van der Waals surface area contributed by atoms with Gasteiger partial charge < -0.3 is 25.2 Å². The van der Waals surface area contributed by atoms with Crippen molar-refractivity contribution in [3.63, 3.8) is 0 Å². The van der Waals surface area contributed by atoms with Crippen molar-refractivity contribution in [1.82, 2.24) is 9.80 Å². The molecule has 0 saturated carbocycles. The number of carbonyl (C=O) groups is 3. The van der Waals surface area contributed by atoms with Crippen molar-refractivity contribution in [2.24, 2.45) is 17.6 Å². The lowest BCUT2D eigenvalue weighted by Gasteiger charge is -2.36. The lowest BCUT2D eigenvalue weighted by molar-refractivity contribution is -0.138. The van der Waals surface area contributed by atoms with Crippen molar-refractivity contribution in [1.29, 1.82) is 0 Å². The zero-order valence-electron chi connectivity index (χ0n) is 21.2. The number of ether oxygens (including phenoxy) is 1. The third-order valence-electron chi connectivity index (χ3n) is 7.70. The number of nitrogens with zero attached hydrogens (tertiary/aromatic N) is 3. The first-order valence-corrected chi connectivity index (χ1v) is 12.8. The van der Waals surface area contributed by atoms with Crippen molar-refractivity contribution in [2.45, 2.75) is 51.7 Å². The molecule has 36 heavy (non-hydrogen) atoms. The van der Waals surface area contributed by atoms with E-state index < -0.39 is 42.2 Å². The quantitative estimate of drug-likeness (QED) is 0.580. The number of nitrogens with two attached hydrogens (primary N) is 1. The highest BCUT2D eigenvalue weighted by molar-refractivity contribution is 5.99. The number of rotatable bonds is 8. The molecule has 0 unspecified atom stereocenters. The van der Waals surface area contributed by atoms with Crippen LogP contribution in [0.2, 0.25) is 0 Å². The molecular weight excluding hydrogens is 470 g/mol. The molecular formula is C26H36F2N4O4. The minimum Gasteiger partial charge on any atom is -0.369 e. The minimum atomic E-state index is -2.71. The lowest BCUT2D eigenvalue weighted by Crippen LogP contribution is -2.46. The second-order valence-electron chi connectivity index (χ2n) is 10.4. The van der Waals surface area contributed by atoms with Gasteiger partial charge in [-0.1, -0.05) is 20.8 Å². The molecule has 1 aromatic carbocycles. The second kappa shape index (κ2) is 10.8. The summed E-state index contributed by atoms with van der Waals surface area (Å²) in [6.07, 6.45) is -3.33. The van der Waals surface area contributed by atoms with E-state index in [1.165, 1.54) is 4.90 Å². The van der Waals surface area contributed by atoms with E-state index in [9.17, 15) is 23.2 Å². The number of amides is 2. The van der Waals surface area contributed by atoms with Crippen molar-refractivity contribution in [3.8, 4) is 0 Å². The number of anilines is 1. The number of carbonyl (C=O) groups excluding carboxylic acids is 3. The van der Waals surface area contributed by atoms with E-state index in [0.717, 1.165) is 38.4 Å². The predicted molar refractivity (Wildman–Crippen MR) is 131 cm³/mol. The molecule has 3 aliphatic heterocycles. The monoisotopic (exact) mass is 506 g/mol. The van der Waals surface area contributed by atoms with E-state index in [-0.39, 0.29) is 30.4 Å². The molecule has 0 aliphatic carbocycles. The number of likely N-dealkylation sites (tertiary alicyclic amines) is 1. The van der Waals surface area contributed by atoms with E-state index in [1.54, 1.807) is 6.07 Å². The van der Waals surface area contributed by atoms with E-state index in [1.807, 2.05) is 26.0 Å². The SMILES string of the molecule is CCN1CCN(c2ccc(C(N)=O)c([C@H](CC(C)C)C(=O)N3C[C@@H](C(F)F)[C@H]4OCC(=O)[C@H]43)c2)CC1. The Hall–Kier alpha value is -2.59. The minimum absolute atomic E-state index is 0.0660. The number of ketones is 1. The van der Waals surface area contributed by atoms with Gasteiger partial charge in [0.2, 0.25) is 18.2 Å². The highest BCUT2D eigenvalue weighted by atomic mass is 19.3. The van der Waals surface area contributed by atoms with Crippen LogP contribution in [-0.4, -0.2) is 91.8 Å². The third-order valence-corrected chi connectivity index (χ3v) is 7.70. The topological polar surface area (TPSA) is 96.2 Å². The standard InChI is InChI=1S/C26H36F2N4O4/c1-4-30-7-9-31(10-8-30)16-5-6-17(25(29)34)18(12-16)19(11-15(2)3)26(35)32-13-20(24(27)28)23-22(32)21(33)14-36-23/h5-6,12,15,19-20,22-24H,4,7-11,13-14H2,1-3H3,(H2,29,34)/t19-,20+,22+,23+/m0/s1. The first kappa shape index (κ1) is 26.5. The summed E-state index contributed by atoms with van der Waals surface area (Å²) in [6, 6.07) is 4.32. The van der Waals surface area contributed by atoms with Gasteiger partial charge in [0.05, 0.1) is 17.9 Å². The van der Waals surface area contributed by atoms with Crippen LogP contribution >= 0.6 is 0 Å². The van der Waals surface area contributed by atoms with Crippen molar-refractivity contribution >= 4 is 23.3 Å². The van der Waals surface area contributed by atoms with Crippen LogP contribution in [0.1, 0.15) is 49.0 Å². The van der Waals surface area contributed by atoms with Gasteiger partial charge >= 0.3 is 0 Å². The first-order chi connectivity index (χ1) is 17.1. The molecule has 3 saturated heterocycles. The highest BCUT2D eigenvalue weighted by Gasteiger charge is 2.55. The molecule has 2 amide bonds. The lowest BCUT2D eigenvalue weighted by atomic mass is 9.85. The Kier molecular flexibility index (Phi) is 7.94. The molecule has 0 spiro atoms. The summed E-state index contributed by atoms with van der Waals surface area (Å²) in [6.45, 7) is 9.92. The Morgan fingerprint density at radius 3 is 2.44 bits per heavy atom. The first-order valence-electron chi connectivity index (χ1n) is 12.8. The van der Waals surface area contributed by atoms with Gasteiger partial charge in [0.15, 0.2) is 5.78 Å². The van der Waals surface area contributed by atoms with Crippen LogP contribution < -0.4 is 10.6 Å². The summed E-state index contributed by atoms with van der Waals surface area (Å²) in [5.74, 6) is -3.40. The molecule has 0 radical (unpaired) electrons. The molecule has 198 valence electrons. The maximum Gasteiger partial charge on any atom is 0.249 e. The van der Waals surface area contributed by atoms with Crippen LogP contribution in [0.3, 0.4) is 0 Å². The average Bonchev–Trinajstić information content (AvgIpc) is 3.42. The van der Waals surface area contributed by atoms with Gasteiger partial charge in [-0.15, -0.1) is 0 Å². The average molecular weight is 507 g/mol. The number of hydrogen-bond acceptors (Lipinski definition) is 6. The van der Waals surface area contributed by atoms with E-state index in [0.29, 0.717) is 12.0 Å². The normalized spacial score (nSPS) is 25.6. The number of hydrogen-bond donors (Lipinski definition) is 1. The maximum absolute atomic E-state index is 14.0. The van der Waals surface area contributed by atoms with Crippen LogP contribution in [0.15, 0.2) is 18.2 Å². The van der Waals surface area contributed by atoms with Gasteiger partial charge in [-0.25, -0.2) is 8.78 Å². The number of benzene rings is 1. The summed E-state index contributed by atoms with van der Waals surface area (Å²) in [5, 5.41) is 0. The van der Waals surface area contributed by atoms with Crippen molar-refractivity contribution < 1.29 is 27.9 Å². The molecule has 4 atom stereocenters. The Labute approximate surface area is 210 Å². The Morgan fingerprint density at radius 2 is 1.86 bits per heavy atom. The van der Waals surface area contributed by atoms with Crippen LogP contribution in [-0.2, 0) is 14.3 Å². The number of Topliss-reactive ketones (excluding diaryl/α,β-unsaturated/α-hetero) is 1. The molecule has 1 aromatic rings. The van der Waals surface area contributed by atoms with Gasteiger partial charge in [-0.05, 0) is 42.6 Å². The number of halogens is 2. The van der Waals surface area contributed by atoms with Gasteiger partial charge in [0.1, 0.15) is 12.6 Å². The fourth-order valence-corrected chi connectivity index (χ4v) is 5.76. The zero-order chi connectivity index (χ0) is 26.1.